The van der Waals surface area contributed by atoms with Crippen LogP contribution in [0.2, 0.25) is 0 Å². The first-order valence-corrected chi connectivity index (χ1v) is 5.90. The maximum Gasteiger partial charge on any atom is 0.231 e. The smallest absolute Gasteiger partial charge is 0.231 e. The summed E-state index contributed by atoms with van der Waals surface area (Å²) in [7, 11) is 1.88. The van der Waals surface area contributed by atoms with Crippen LogP contribution in [0.5, 0.6) is 0 Å². The molecule has 0 aliphatic carbocycles. The average Bonchev–Trinajstić information content (AvgIpc) is 2.71. The molecule has 1 aromatic heterocycles. The molecule has 0 aliphatic rings. The summed E-state index contributed by atoms with van der Waals surface area (Å²) in [6.45, 7) is 4.04. The van der Waals surface area contributed by atoms with Gasteiger partial charge in [-0.25, -0.2) is 4.98 Å². The molecule has 0 bridgehead atoms. The van der Waals surface area contributed by atoms with Gasteiger partial charge in [-0.2, -0.15) is 0 Å². The van der Waals surface area contributed by atoms with Crippen molar-refractivity contribution in [3.8, 4) is 0 Å². The Morgan fingerprint density at radius 2 is 2.17 bits per heavy atom. The standard InChI is InChI=1S/C14H17N3O/c1-10-5-4-6-12(11(10)2)16-14(18)9-13-15-7-8-17(13)3/h4-8H,9H2,1-3H3,(H,16,18). The molecule has 0 fully saturated rings. The highest BCUT2D eigenvalue weighted by Crippen LogP contribution is 2.18. The van der Waals surface area contributed by atoms with E-state index >= 15 is 0 Å². The molecule has 0 radical (unpaired) electrons. The van der Waals surface area contributed by atoms with Crippen molar-refractivity contribution in [1.82, 2.24) is 9.55 Å². The van der Waals surface area contributed by atoms with E-state index in [0.29, 0.717) is 0 Å². The normalized spacial score (nSPS) is 10.4. The van der Waals surface area contributed by atoms with Gasteiger partial charge in [0.25, 0.3) is 0 Å². The fraction of sp³-hybridized carbons (Fsp3) is 0.286. The van der Waals surface area contributed by atoms with Crippen LogP contribution in [-0.4, -0.2) is 15.5 Å². The molecule has 1 heterocycles. The number of carbonyl (C=O) groups is 1. The van der Waals surface area contributed by atoms with Gasteiger partial charge < -0.3 is 9.88 Å². The molecule has 0 saturated heterocycles. The molecule has 18 heavy (non-hydrogen) atoms. The van der Waals surface area contributed by atoms with Gasteiger partial charge in [-0.1, -0.05) is 12.1 Å². The van der Waals surface area contributed by atoms with E-state index in [2.05, 4.69) is 10.3 Å². The zero-order valence-corrected chi connectivity index (χ0v) is 10.9. The van der Waals surface area contributed by atoms with Gasteiger partial charge in [-0.05, 0) is 31.0 Å². The molecule has 0 aliphatic heterocycles. The van der Waals surface area contributed by atoms with Crippen molar-refractivity contribution in [1.29, 1.82) is 0 Å². The Labute approximate surface area is 107 Å². The second-order valence-corrected chi connectivity index (χ2v) is 4.43. The lowest BCUT2D eigenvalue weighted by atomic mass is 10.1. The van der Waals surface area contributed by atoms with E-state index in [1.54, 1.807) is 6.20 Å². The zero-order chi connectivity index (χ0) is 13.1. The molecule has 2 aromatic rings. The topological polar surface area (TPSA) is 46.9 Å². The lowest BCUT2D eigenvalue weighted by Crippen LogP contribution is -2.17. The number of benzene rings is 1. The number of imidazole rings is 1. The van der Waals surface area contributed by atoms with E-state index in [9.17, 15) is 4.79 Å². The van der Waals surface area contributed by atoms with Crippen molar-refractivity contribution < 1.29 is 4.79 Å². The van der Waals surface area contributed by atoms with E-state index in [1.165, 1.54) is 5.56 Å². The zero-order valence-electron chi connectivity index (χ0n) is 10.9. The number of nitrogens with one attached hydrogen (secondary N) is 1. The van der Waals surface area contributed by atoms with E-state index in [0.717, 1.165) is 17.1 Å². The minimum absolute atomic E-state index is 0.0435. The first kappa shape index (κ1) is 12.4. The van der Waals surface area contributed by atoms with Crippen molar-refractivity contribution in [3.63, 3.8) is 0 Å². The Balaban J connectivity index is 2.08. The Hall–Kier alpha value is -2.10. The largest absolute Gasteiger partial charge is 0.338 e. The second kappa shape index (κ2) is 5.04. The number of hydrogen-bond donors (Lipinski definition) is 1. The number of anilines is 1. The van der Waals surface area contributed by atoms with Gasteiger partial charge >= 0.3 is 0 Å². The van der Waals surface area contributed by atoms with Crippen LogP contribution in [0, 0.1) is 13.8 Å². The number of aryl methyl sites for hydroxylation is 2. The molecule has 2 rings (SSSR count). The second-order valence-electron chi connectivity index (χ2n) is 4.43. The highest BCUT2D eigenvalue weighted by atomic mass is 16.1. The Morgan fingerprint density at radius 1 is 1.39 bits per heavy atom. The molecule has 1 aromatic carbocycles. The molecule has 0 saturated carbocycles. The van der Waals surface area contributed by atoms with Gasteiger partial charge in [0.05, 0.1) is 6.42 Å². The molecular weight excluding hydrogens is 226 g/mol. The quantitative estimate of drug-likeness (QED) is 0.898. The maximum absolute atomic E-state index is 11.9. The third-order valence-electron chi connectivity index (χ3n) is 3.12. The van der Waals surface area contributed by atoms with Crippen LogP contribution in [0.3, 0.4) is 0 Å². The fourth-order valence-electron chi connectivity index (χ4n) is 1.79. The van der Waals surface area contributed by atoms with Crippen LogP contribution in [0.25, 0.3) is 0 Å². The predicted octanol–water partition coefficient (Wildman–Crippen LogP) is 2.22. The molecular formula is C14H17N3O. The Morgan fingerprint density at radius 3 is 2.83 bits per heavy atom. The summed E-state index contributed by atoms with van der Waals surface area (Å²) in [5, 5.41) is 2.92. The summed E-state index contributed by atoms with van der Waals surface area (Å²) in [6, 6.07) is 5.89. The number of amides is 1. The summed E-state index contributed by atoms with van der Waals surface area (Å²) < 4.78 is 1.85. The summed E-state index contributed by atoms with van der Waals surface area (Å²) in [5.41, 5.74) is 3.14. The Bertz CT molecular complexity index is 572. The third kappa shape index (κ3) is 2.59. The lowest BCUT2D eigenvalue weighted by molar-refractivity contribution is -0.115. The van der Waals surface area contributed by atoms with Gasteiger partial charge in [0.1, 0.15) is 5.82 Å². The minimum atomic E-state index is -0.0435. The SMILES string of the molecule is Cc1cccc(NC(=O)Cc2nccn2C)c1C. The van der Waals surface area contributed by atoms with Gasteiger partial charge in [0.2, 0.25) is 5.91 Å². The van der Waals surface area contributed by atoms with Crippen molar-refractivity contribution in [2.24, 2.45) is 7.05 Å². The number of hydrogen-bond acceptors (Lipinski definition) is 2. The van der Waals surface area contributed by atoms with Crippen LogP contribution in [0.1, 0.15) is 17.0 Å². The first-order valence-electron chi connectivity index (χ1n) is 5.90. The highest BCUT2D eigenvalue weighted by Gasteiger charge is 2.09. The summed E-state index contributed by atoms with van der Waals surface area (Å²) in [5.74, 6) is 0.718. The molecule has 0 unspecified atom stereocenters. The number of aromatic nitrogens is 2. The molecule has 1 N–H and O–H groups in total. The molecule has 1 amide bonds. The van der Waals surface area contributed by atoms with E-state index in [1.807, 2.05) is 49.9 Å². The first-order chi connectivity index (χ1) is 8.58. The monoisotopic (exact) mass is 243 g/mol. The van der Waals surface area contributed by atoms with Crippen molar-refractivity contribution >= 4 is 11.6 Å². The van der Waals surface area contributed by atoms with Crippen LogP contribution in [0.15, 0.2) is 30.6 Å². The fourth-order valence-corrected chi connectivity index (χ4v) is 1.79. The minimum Gasteiger partial charge on any atom is -0.338 e. The van der Waals surface area contributed by atoms with Crippen LogP contribution in [-0.2, 0) is 18.3 Å². The van der Waals surface area contributed by atoms with Crippen molar-refractivity contribution in [2.45, 2.75) is 20.3 Å². The maximum atomic E-state index is 11.9. The van der Waals surface area contributed by atoms with Gasteiger partial charge in [-0.3, -0.25) is 4.79 Å². The van der Waals surface area contributed by atoms with Gasteiger partial charge in [0, 0.05) is 25.1 Å². The summed E-state index contributed by atoms with van der Waals surface area (Å²) in [6.07, 6.45) is 3.82. The average molecular weight is 243 g/mol. The molecule has 0 spiro atoms. The van der Waals surface area contributed by atoms with Crippen LogP contribution in [0.4, 0.5) is 5.69 Å². The lowest BCUT2D eigenvalue weighted by Gasteiger charge is -2.10. The van der Waals surface area contributed by atoms with E-state index in [-0.39, 0.29) is 12.3 Å². The van der Waals surface area contributed by atoms with Crippen molar-refractivity contribution in [3.05, 3.63) is 47.5 Å². The number of carbonyl (C=O) groups excluding carboxylic acids is 1. The van der Waals surface area contributed by atoms with Gasteiger partial charge in [-0.15, -0.1) is 0 Å². The van der Waals surface area contributed by atoms with E-state index < -0.39 is 0 Å². The van der Waals surface area contributed by atoms with Crippen LogP contribution < -0.4 is 5.32 Å². The molecule has 4 nitrogen and oxygen atoms in total. The molecule has 0 atom stereocenters. The summed E-state index contributed by atoms with van der Waals surface area (Å²) in [4.78, 5) is 16.1. The number of rotatable bonds is 3. The highest BCUT2D eigenvalue weighted by molar-refractivity contribution is 5.92. The Kier molecular flexibility index (Phi) is 3.46. The van der Waals surface area contributed by atoms with Crippen molar-refractivity contribution in [2.75, 3.05) is 5.32 Å². The number of nitrogens with zero attached hydrogens (tertiary/aromatic N) is 2. The predicted molar refractivity (Wildman–Crippen MR) is 71.5 cm³/mol. The van der Waals surface area contributed by atoms with E-state index in [4.69, 9.17) is 0 Å². The van der Waals surface area contributed by atoms with Gasteiger partial charge in [0.15, 0.2) is 0 Å². The molecule has 94 valence electrons. The van der Waals surface area contributed by atoms with Crippen LogP contribution >= 0.6 is 0 Å². The molecule has 4 heteroatoms. The third-order valence-corrected chi connectivity index (χ3v) is 3.12. The summed E-state index contributed by atoms with van der Waals surface area (Å²) >= 11 is 0.